The average Bonchev–Trinajstić information content (AvgIpc) is 3.44. The Balaban J connectivity index is 1.66. The molecule has 1 saturated heterocycles. The van der Waals surface area contributed by atoms with Gasteiger partial charge in [-0.05, 0) is 43.7 Å². The normalized spacial score (nSPS) is 18.5. The second-order valence-electron chi connectivity index (χ2n) is 9.16. The Morgan fingerprint density at radius 3 is 2.56 bits per heavy atom. The summed E-state index contributed by atoms with van der Waals surface area (Å²) in [5.74, 6) is -2.78. The molecule has 10 nitrogen and oxygen atoms in total. The molecule has 0 spiro atoms. The molecule has 10 heteroatoms. The lowest BCUT2D eigenvalue weighted by atomic mass is 10.0. The molecule has 1 aliphatic heterocycles. The smallest absolute Gasteiger partial charge is 0.325 e. The van der Waals surface area contributed by atoms with Crippen LogP contribution in [0, 0.1) is 5.92 Å². The number of likely N-dealkylation sites (tertiary alicyclic amines) is 1. The molecule has 1 fully saturated rings. The molecule has 4 atom stereocenters. The number of carbonyl (C=O) groups is 4. The van der Waals surface area contributed by atoms with Crippen molar-refractivity contribution in [2.24, 2.45) is 11.7 Å². The number of carboxylic acid groups (broad SMARTS) is 1. The van der Waals surface area contributed by atoms with Crippen molar-refractivity contribution in [3.63, 3.8) is 0 Å². The summed E-state index contributed by atoms with van der Waals surface area (Å²) in [6.07, 6.45) is 3.29. The van der Waals surface area contributed by atoms with Crippen molar-refractivity contribution in [1.29, 1.82) is 0 Å². The zero-order valence-corrected chi connectivity index (χ0v) is 19.7. The summed E-state index contributed by atoms with van der Waals surface area (Å²) in [4.78, 5) is 54.5. The zero-order valence-electron chi connectivity index (χ0n) is 19.7. The van der Waals surface area contributed by atoms with Gasteiger partial charge in [-0.1, -0.05) is 32.0 Å². The summed E-state index contributed by atoms with van der Waals surface area (Å²) in [6.45, 7) is 5.27. The predicted octanol–water partition coefficient (Wildman–Crippen LogP) is 0.759. The Morgan fingerprint density at radius 2 is 1.88 bits per heavy atom. The van der Waals surface area contributed by atoms with Gasteiger partial charge in [0, 0.05) is 23.6 Å². The van der Waals surface area contributed by atoms with Crippen LogP contribution in [-0.4, -0.2) is 69.4 Å². The van der Waals surface area contributed by atoms with Crippen LogP contribution in [0.3, 0.4) is 0 Å². The summed E-state index contributed by atoms with van der Waals surface area (Å²) in [6, 6.07) is 4.21. The minimum atomic E-state index is -1.17. The second kappa shape index (κ2) is 10.7. The standard InChI is InChI=1S/C24H33N5O5/c1-13(2)20(22(31)27-14(3)24(33)34)28-21(30)19-9-6-10-29(19)23(32)17(25)11-15-12-26-18-8-5-4-7-16(15)18/h4-5,7-8,12-14,17,19-20,26H,6,9-11,25H2,1-3H3,(H,27,31)(H,28,30)(H,33,34). The van der Waals surface area contributed by atoms with E-state index in [1.54, 1.807) is 13.8 Å². The third-order valence-corrected chi connectivity index (χ3v) is 6.25. The summed E-state index contributed by atoms with van der Waals surface area (Å²) in [5, 5.41) is 15.2. The van der Waals surface area contributed by atoms with Crippen LogP contribution >= 0.6 is 0 Å². The number of nitrogens with two attached hydrogens (primary N) is 1. The van der Waals surface area contributed by atoms with E-state index in [0.29, 0.717) is 25.8 Å². The van der Waals surface area contributed by atoms with E-state index in [9.17, 15) is 19.2 Å². The summed E-state index contributed by atoms with van der Waals surface area (Å²) in [5.41, 5.74) is 8.16. The minimum absolute atomic E-state index is 0.278. The monoisotopic (exact) mass is 471 g/mol. The van der Waals surface area contributed by atoms with Gasteiger partial charge in [0.25, 0.3) is 0 Å². The van der Waals surface area contributed by atoms with Crippen molar-refractivity contribution < 1.29 is 24.3 Å². The molecular formula is C24H33N5O5. The number of para-hydroxylation sites is 1. The number of H-pyrrole nitrogens is 1. The number of aromatic amines is 1. The molecule has 3 rings (SSSR count). The maximum absolute atomic E-state index is 13.2. The number of amides is 3. The van der Waals surface area contributed by atoms with Gasteiger partial charge in [-0.25, -0.2) is 0 Å². The Morgan fingerprint density at radius 1 is 1.18 bits per heavy atom. The molecule has 0 radical (unpaired) electrons. The Bertz CT molecular complexity index is 1060. The van der Waals surface area contributed by atoms with Crippen molar-refractivity contribution in [1.82, 2.24) is 20.5 Å². The number of carbonyl (C=O) groups excluding carboxylic acids is 3. The van der Waals surface area contributed by atoms with Crippen LogP contribution in [0.15, 0.2) is 30.5 Å². The first-order valence-corrected chi connectivity index (χ1v) is 11.5. The maximum Gasteiger partial charge on any atom is 0.325 e. The topological polar surface area (TPSA) is 158 Å². The van der Waals surface area contributed by atoms with Gasteiger partial charge in [-0.15, -0.1) is 0 Å². The first-order chi connectivity index (χ1) is 16.1. The van der Waals surface area contributed by atoms with Gasteiger partial charge >= 0.3 is 5.97 Å². The van der Waals surface area contributed by atoms with Crippen LogP contribution in [0.5, 0.6) is 0 Å². The first-order valence-electron chi connectivity index (χ1n) is 11.5. The van der Waals surface area contributed by atoms with Crippen molar-refractivity contribution in [3.05, 3.63) is 36.0 Å². The fourth-order valence-corrected chi connectivity index (χ4v) is 4.29. The van der Waals surface area contributed by atoms with Crippen LogP contribution in [0.2, 0.25) is 0 Å². The van der Waals surface area contributed by atoms with Gasteiger partial charge in [0.05, 0.1) is 6.04 Å². The number of carboxylic acids is 1. The number of nitrogens with one attached hydrogen (secondary N) is 3. The largest absolute Gasteiger partial charge is 0.480 e. The van der Waals surface area contributed by atoms with Gasteiger partial charge in [0.1, 0.15) is 18.1 Å². The SMILES string of the molecule is CC(NC(=O)C(NC(=O)C1CCCN1C(=O)C(N)Cc1c[nH]c2ccccc12)C(C)C)C(=O)O. The van der Waals surface area contributed by atoms with Crippen LogP contribution < -0.4 is 16.4 Å². The second-order valence-corrected chi connectivity index (χ2v) is 9.16. The van der Waals surface area contributed by atoms with E-state index in [-0.39, 0.29) is 11.8 Å². The molecule has 4 unspecified atom stereocenters. The number of fused-ring (bicyclic) bond motifs is 1. The van der Waals surface area contributed by atoms with E-state index in [4.69, 9.17) is 10.8 Å². The highest BCUT2D eigenvalue weighted by Gasteiger charge is 2.38. The lowest BCUT2D eigenvalue weighted by Crippen LogP contribution is -2.57. The van der Waals surface area contributed by atoms with Crippen molar-refractivity contribution in [3.8, 4) is 0 Å². The first kappa shape index (κ1) is 25.2. The molecular weight excluding hydrogens is 438 g/mol. The Hall–Kier alpha value is -3.40. The van der Waals surface area contributed by atoms with Crippen LogP contribution in [0.25, 0.3) is 10.9 Å². The molecule has 1 aliphatic rings. The lowest BCUT2D eigenvalue weighted by Gasteiger charge is -2.29. The fraction of sp³-hybridized carbons (Fsp3) is 0.500. The molecule has 2 aromatic rings. The van der Waals surface area contributed by atoms with Gasteiger partial charge in [-0.3, -0.25) is 19.2 Å². The van der Waals surface area contributed by atoms with Crippen molar-refractivity contribution in [2.45, 2.75) is 64.2 Å². The number of hydrogen-bond donors (Lipinski definition) is 5. The molecule has 1 aromatic carbocycles. The van der Waals surface area contributed by atoms with Crippen LogP contribution in [0.1, 0.15) is 39.2 Å². The number of aliphatic carboxylic acids is 1. The zero-order chi connectivity index (χ0) is 25.0. The molecule has 2 heterocycles. The predicted molar refractivity (Wildman–Crippen MR) is 127 cm³/mol. The third kappa shape index (κ3) is 5.56. The molecule has 0 bridgehead atoms. The van der Waals surface area contributed by atoms with Crippen LogP contribution in [0.4, 0.5) is 0 Å². The fourth-order valence-electron chi connectivity index (χ4n) is 4.29. The molecule has 6 N–H and O–H groups in total. The number of nitrogens with zero attached hydrogens (tertiary/aromatic N) is 1. The van der Waals surface area contributed by atoms with Crippen molar-refractivity contribution in [2.75, 3.05) is 6.54 Å². The maximum atomic E-state index is 13.2. The minimum Gasteiger partial charge on any atom is -0.480 e. The summed E-state index contributed by atoms with van der Waals surface area (Å²) < 4.78 is 0. The molecule has 0 saturated carbocycles. The highest BCUT2D eigenvalue weighted by Crippen LogP contribution is 2.22. The molecule has 34 heavy (non-hydrogen) atoms. The molecule has 3 amide bonds. The van der Waals surface area contributed by atoms with Gasteiger partial charge < -0.3 is 31.4 Å². The lowest BCUT2D eigenvalue weighted by molar-refractivity contribution is -0.143. The van der Waals surface area contributed by atoms with E-state index in [1.807, 2.05) is 30.5 Å². The molecule has 184 valence electrons. The highest BCUT2D eigenvalue weighted by atomic mass is 16.4. The van der Waals surface area contributed by atoms with E-state index in [1.165, 1.54) is 11.8 Å². The summed E-state index contributed by atoms with van der Waals surface area (Å²) in [7, 11) is 0. The number of benzene rings is 1. The van der Waals surface area contributed by atoms with E-state index in [2.05, 4.69) is 15.6 Å². The molecule has 0 aliphatic carbocycles. The van der Waals surface area contributed by atoms with E-state index in [0.717, 1.165) is 16.5 Å². The van der Waals surface area contributed by atoms with Gasteiger partial charge in [0.15, 0.2) is 0 Å². The highest BCUT2D eigenvalue weighted by molar-refractivity contribution is 5.94. The van der Waals surface area contributed by atoms with E-state index >= 15 is 0 Å². The quantitative estimate of drug-likeness (QED) is 0.363. The van der Waals surface area contributed by atoms with Crippen molar-refractivity contribution >= 4 is 34.6 Å². The Kier molecular flexibility index (Phi) is 7.93. The number of hydrogen-bond acceptors (Lipinski definition) is 5. The Labute approximate surface area is 198 Å². The summed E-state index contributed by atoms with van der Waals surface area (Å²) >= 11 is 0. The number of aromatic nitrogens is 1. The van der Waals surface area contributed by atoms with Gasteiger partial charge in [0.2, 0.25) is 17.7 Å². The number of rotatable bonds is 9. The molecule has 1 aromatic heterocycles. The third-order valence-electron chi connectivity index (χ3n) is 6.25. The average molecular weight is 472 g/mol. The van der Waals surface area contributed by atoms with Crippen LogP contribution in [-0.2, 0) is 25.6 Å². The van der Waals surface area contributed by atoms with E-state index < -0.39 is 42.0 Å². The van der Waals surface area contributed by atoms with Gasteiger partial charge in [-0.2, -0.15) is 0 Å².